The Morgan fingerprint density at radius 1 is 1.30 bits per heavy atom. The van der Waals surface area contributed by atoms with Gasteiger partial charge in [0.1, 0.15) is 5.82 Å². The molecule has 1 amide bonds. The van der Waals surface area contributed by atoms with E-state index in [1.54, 1.807) is 36.7 Å². The lowest BCUT2D eigenvalue weighted by Crippen LogP contribution is -2.29. The fraction of sp³-hybridized carbons (Fsp3) is 0.250. The molecule has 1 aliphatic rings. The molecule has 1 saturated heterocycles. The summed E-state index contributed by atoms with van der Waals surface area (Å²) >= 11 is 0. The molecule has 2 aromatic heterocycles. The minimum absolute atomic E-state index is 0.00982. The lowest BCUT2D eigenvalue weighted by molar-refractivity contribution is 0.0787. The molecule has 3 aromatic rings. The Bertz CT molecular complexity index is 974. The molecule has 4 rings (SSSR count). The van der Waals surface area contributed by atoms with Crippen LogP contribution in [0.2, 0.25) is 0 Å². The summed E-state index contributed by atoms with van der Waals surface area (Å²) in [5.41, 5.74) is 2.05. The van der Waals surface area contributed by atoms with Crippen molar-refractivity contribution in [2.45, 2.75) is 12.8 Å². The number of carbonyl (C=O) groups is 1. The number of H-pyrrole nitrogens is 1. The van der Waals surface area contributed by atoms with Crippen LogP contribution in [0.5, 0.6) is 0 Å². The molecule has 1 unspecified atom stereocenters. The van der Waals surface area contributed by atoms with E-state index in [2.05, 4.69) is 26.2 Å². The first kappa shape index (κ1) is 16.9. The number of hydrogen-bond donors (Lipinski definition) is 1. The smallest absolute Gasteiger partial charge is 0.253 e. The average Bonchev–Trinajstić information content (AvgIpc) is 3.38. The molecule has 27 heavy (non-hydrogen) atoms. The van der Waals surface area contributed by atoms with Crippen LogP contribution in [0.4, 0.5) is 0 Å². The number of likely N-dealkylation sites (tertiary alicyclic amines) is 1. The molecule has 7 heteroatoms. The van der Waals surface area contributed by atoms with Crippen LogP contribution in [0.3, 0.4) is 0 Å². The molecule has 3 heterocycles. The van der Waals surface area contributed by atoms with Gasteiger partial charge in [0.2, 0.25) is 0 Å². The molecule has 1 N–H and O–H groups in total. The highest BCUT2D eigenvalue weighted by Gasteiger charge is 2.27. The van der Waals surface area contributed by atoms with Crippen LogP contribution in [0.25, 0.3) is 11.4 Å². The molecule has 0 aliphatic carbocycles. The van der Waals surface area contributed by atoms with Crippen LogP contribution in [0.1, 0.15) is 28.2 Å². The van der Waals surface area contributed by atoms with E-state index in [1.807, 2.05) is 17.0 Å². The molecule has 0 spiro atoms. The van der Waals surface area contributed by atoms with Crippen molar-refractivity contribution in [2.24, 2.45) is 5.92 Å². The van der Waals surface area contributed by atoms with Crippen LogP contribution < -0.4 is 0 Å². The fourth-order valence-electron chi connectivity index (χ4n) is 3.34. The van der Waals surface area contributed by atoms with E-state index in [0.717, 1.165) is 30.8 Å². The highest BCUT2D eigenvalue weighted by molar-refractivity contribution is 5.94. The van der Waals surface area contributed by atoms with Crippen molar-refractivity contribution in [1.82, 2.24) is 25.1 Å². The fourth-order valence-corrected chi connectivity index (χ4v) is 3.34. The van der Waals surface area contributed by atoms with Gasteiger partial charge in [-0.25, -0.2) is 4.98 Å². The van der Waals surface area contributed by atoms with Gasteiger partial charge in [-0.05, 0) is 48.7 Å². The third-order valence-corrected chi connectivity index (χ3v) is 4.77. The third kappa shape index (κ3) is 3.70. The second-order valence-electron chi connectivity index (χ2n) is 6.65. The first-order chi connectivity index (χ1) is 13.2. The Labute approximate surface area is 156 Å². The van der Waals surface area contributed by atoms with Gasteiger partial charge < -0.3 is 4.90 Å². The van der Waals surface area contributed by atoms with Crippen LogP contribution in [-0.4, -0.2) is 44.1 Å². The van der Waals surface area contributed by atoms with Crippen molar-refractivity contribution in [2.75, 3.05) is 13.1 Å². The zero-order chi connectivity index (χ0) is 18.6. The van der Waals surface area contributed by atoms with E-state index in [9.17, 15) is 4.79 Å². The van der Waals surface area contributed by atoms with Crippen molar-refractivity contribution < 1.29 is 4.79 Å². The average molecular weight is 358 g/mol. The number of nitrogens with zero attached hydrogens (tertiary/aromatic N) is 5. The Hall–Kier alpha value is -3.53. The summed E-state index contributed by atoms with van der Waals surface area (Å²) in [6, 6.07) is 12.6. The Morgan fingerprint density at radius 3 is 2.89 bits per heavy atom. The first-order valence-corrected chi connectivity index (χ1v) is 8.84. The Kier molecular flexibility index (Phi) is 4.62. The van der Waals surface area contributed by atoms with Gasteiger partial charge in [-0.1, -0.05) is 0 Å². The number of amides is 1. The molecule has 0 saturated carbocycles. The highest BCUT2D eigenvalue weighted by Crippen LogP contribution is 2.22. The zero-order valence-electron chi connectivity index (χ0n) is 14.7. The largest absolute Gasteiger partial charge is 0.338 e. The maximum Gasteiger partial charge on any atom is 0.253 e. The lowest BCUT2D eigenvalue weighted by atomic mass is 10.0. The summed E-state index contributed by atoms with van der Waals surface area (Å²) in [6.07, 6.45) is 5.14. The van der Waals surface area contributed by atoms with E-state index >= 15 is 0 Å². The molecule has 7 nitrogen and oxygen atoms in total. The van der Waals surface area contributed by atoms with Crippen molar-refractivity contribution in [3.63, 3.8) is 0 Å². The lowest BCUT2D eigenvalue weighted by Gasteiger charge is -2.16. The van der Waals surface area contributed by atoms with Crippen LogP contribution in [-0.2, 0) is 6.42 Å². The van der Waals surface area contributed by atoms with E-state index in [0.29, 0.717) is 29.4 Å². The molecule has 1 aliphatic heterocycles. The number of benzene rings is 1. The number of aromatic nitrogens is 4. The molecular formula is C20H18N6O. The molecular weight excluding hydrogens is 340 g/mol. The summed E-state index contributed by atoms with van der Waals surface area (Å²) in [6.45, 7) is 1.43. The maximum atomic E-state index is 12.6. The molecule has 134 valence electrons. The summed E-state index contributed by atoms with van der Waals surface area (Å²) in [5.74, 6) is 1.82. The first-order valence-electron chi connectivity index (χ1n) is 8.84. The number of nitrogens with one attached hydrogen (secondary N) is 1. The van der Waals surface area contributed by atoms with Crippen molar-refractivity contribution in [3.8, 4) is 17.5 Å². The molecule has 0 radical (unpaired) electrons. The predicted molar refractivity (Wildman–Crippen MR) is 98.5 cm³/mol. The Balaban J connectivity index is 1.38. The second kappa shape index (κ2) is 7.38. The van der Waals surface area contributed by atoms with Crippen LogP contribution in [0.15, 0.2) is 48.8 Å². The standard InChI is InChI=1S/C20H18N6O/c21-11-14-3-5-16(6-4-14)20(27)26-9-7-15(13-26)10-18-23-19(25-24-18)17-2-1-8-22-12-17/h1-6,8,12,15H,7,9-10,13H2,(H,23,24,25). The van der Waals surface area contributed by atoms with Crippen LogP contribution >= 0.6 is 0 Å². The van der Waals surface area contributed by atoms with Gasteiger partial charge in [-0.2, -0.15) is 10.4 Å². The second-order valence-corrected chi connectivity index (χ2v) is 6.65. The maximum absolute atomic E-state index is 12.6. The summed E-state index contributed by atoms with van der Waals surface area (Å²) < 4.78 is 0. The van der Waals surface area contributed by atoms with Crippen molar-refractivity contribution in [3.05, 3.63) is 65.7 Å². The van der Waals surface area contributed by atoms with Crippen molar-refractivity contribution in [1.29, 1.82) is 5.26 Å². The zero-order valence-corrected chi connectivity index (χ0v) is 14.7. The van der Waals surface area contributed by atoms with E-state index < -0.39 is 0 Å². The van der Waals surface area contributed by atoms with Gasteiger partial charge in [-0.3, -0.25) is 14.9 Å². The minimum atomic E-state index is 0.00982. The summed E-state index contributed by atoms with van der Waals surface area (Å²) in [5, 5.41) is 16.1. The van der Waals surface area contributed by atoms with Crippen molar-refractivity contribution >= 4 is 5.91 Å². The molecule has 1 aromatic carbocycles. The summed E-state index contributed by atoms with van der Waals surface area (Å²) in [4.78, 5) is 23.1. The third-order valence-electron chi connectivity index (χ3n) is 4.77. The number of carbonyl (C=O) groups excluding carboxylic acids is 1. The summed E-state index contributed by atoms with van der Waals surface area (Å²) in [7, 11) is 0. The normalized spacial score (nSPS) is 16.3. The predicted octanol–water partition coefficient (Wildman–Crippen LogP) is 2.44. The monoisotopic (exact) mass is 358 g/mol. The Morgan fingerprint density at radius 2 is 2.15 bits per heavy atom. The van der Waals surface area contributed by atoms with Gasteiger partial charge in [0.15, 0.2) is 5.82 Å². The molecule has 1 fully saturated rings. The van der Waals surface area contributed by atoms with Gasteiger partial charge in [0.05, 0.1) is 11.6 Å². The van der Waals surface area contributed by atoms with Gasteiger partial charge in [-0.15, -0.1) is 0 Å². The van der Waals surface area contributed by atoms with E-state index in [4.69, 9.17) is 5.26 Å². The highest BCUT2D eigenvalue weighted by atomic mass is 16.2. The number of aromatic amines is 1. The minimum Gasteiger partial charge on any atom is -0.338 e. The topological polar surface area (TPSA) is 98.6 Å². The quantitative estimate of drug-likeness (QED) is 0.772. The number of nitriles is 1. The number of rotatable bonds is 4. The van der Waals surface area contributed by atoms with E-state index in [-0.39, 0.29) is 5.91 Å². The number of hydrogen-bond acceptors (Lipinski definition) is 5. The van der Waals surface area contributed by atoms with Crippen LogP contribution in [0, 0.1) is 17.2 Å². The van der Waals surface area contributed by atoms with Gasteiger partial charge in [0, 0.05) is 43.0 Å². The number of pyridine rings is 1. The van der Waals surface area contributed by atoms with Gasteiger partial charge in [0.25, 0.3) is 5.91 Å². The SMILES string of the molecule is N#Cc1ccc(C(=O)N2CCC(Cc3nc(-c4cccnc4)n[nH]3)C2)cc1. The molecule has 1 atom stereocenters. The van der Waals surface area contributed by atoms with Gasteiger partial charge >= 0.3 is 0 Å². The van der Waals surface area contributed by atoms with E-state index in [1.165, 1.54) is 0 Å². The molecule has 0 bridgehead atoms.